The Balaban J connectivity index is 1.88. The molecule has 2 aromatic rings. The first-order chi connectivity index (χ1) is 10.1. The zero-order chi connectivity index (χ0) is 14.9. The van der Waals surface area contributed by atoms with E-state index in [1.54, 1.807) is 11.8 Å². The molecule has 0 spiro atoms. The van der Waals surface area contributed by atoms with Gasteiger partial charge in [0.15, 0.2) is 5.82 Å². The molecule has 1 aliphatic rings. The number of hydrogen-bond donors (Lipinski definition) is 1. The van der Waals surface area contributed by atoms with E-state index in [1.165, 1.54) is 0 Å². The average Bonchev–Trinajstić information content (AvgIpc) is 2.90. The van der Waals surface area contributed by atoms with E-state index in [0.717, 1.165) is 17.7 Å². The molecule has 1 aromatic carbocycles. The molecule has 1 aliphatic carbocycles. The Bertz CT molecular complexity index is 646. The number of tetrazole rings is 1. The molecule has 1 saturated carbocycles. The number of aromatic nitrogens is 4. The van der Waals surface area contributed by atoms with Gasteiger partial charge in [0.1, 0.15) is 5.75 Å². The molecule has 1 heterocycles. The van der Waals surface area contributed by atoms with E-state index in [9.17, 15) is 9.90 Å². The molecular formula is C14H16N4O3. The number of ether oxygens (including phenoxy) is 1. The zero-order valence-corrected chi connectivity index (χ0v) is 11.7. The van der Waals surface area contributed by atoms with Crippen LogP contribution in [0, 0.1) is 5.41 Å². The average molecular weight is 288 g/mol. The first-order valence-electron chi connectivity index (χ1n) is 6.79. The molecule has 3 rings (SSSR count). The summed E-state index contributed by atoms with van der Waals surface area (Å²) >= 11 is 0. The SMILES string of the molecule is COc1ccc(-c2nnnn2CC2(C(=O)O)CCC2)cc1. The maximum Gasteiger partial charge on any atom is 0.311 e. The van der Waals surface area contributed by atoms with Gasteiger partial charge < -0.3 is 9.84 Å². The summed E-state index contributed by atoms with van der Waals surface area (Å²) in [7, 11) is 1.60. The van der Waals surface area contributed by atoms with Crippen molar-refractivity contribution in [1.82, 2.24) is 20.2 Å². The van der Waals surface area contributed by atoms with E-state index < -0.39 is 11.4 Å². The Labute approximate surface area is 121 Å². The third kappa shape index (κ3) is 2.35. The van der Waals surface area contributed by atoms with Crippen molar-refractivity contribution in [3.63, 3.8) is 0 Å². The summed E-state index contributed by atoms with van der Waals surface area (Å²) in [6.45, 7) is 0.302. The second kappa shape index (κ2) is 5.16. The molecular weight excluding hydrogens is 272 g/mol. The van der Waals surface area contributed by atoms with Gasteiger partial charge in [-0.1, -0.05) is 6.42 Å². The summed E-state index contributed by atoms with van der Waals surface area (Å²) in [5, 5.41) is 21.1. The normalized spacial score (nSPS) is 16.2. The van der Waals surface area contributed by atoms with Gasteiger partial charge in [0.2, 0.25) is 0 Å². The molecule has 1 N–H and O–H groups in total. The zero-order valence-electron chi connectivity index (χ0n) is 11.7. The second-order valence-electron chi connectivity index (χ2n) is 5.33. The molecule has 110 valence electrons. The Morgan fingerprint density at radius 1 is 1.38 bits per heavy atom. The van der Waals surface area contributed by atoms with Crippen LogP contribution in [0.1, 0.15) is 19.3 Å². The number of rotatable bonds is 5. The molecule has 7 nitrogen and oxygen atoms in total. The van der Waals surface area contributed by atoms with Crippen molar-refractivity contribution in [2.75, 3.05) is 7.11 Å². The van der Waals surface area contributed by atoms with Crippen LogP contribution in [-0.4, -0.2) is 38.4 Å². The van der Waals surface area contributed by atoms with E-state index in [2.05, 4.69) is 15.5 Å². The number of hydrogen-bond acceptors (Lipinski definition) is 5. The fraction of sp³-hybridized carbons (Fsp3) is 0.429. The van der Waals surface area contributed by atoms with Gasteiger partial charge in [0.05, 0.1) is 19.1 Å². The van der Waals surface area contributed by atoms with Crippen LogP contribution >= 0.6 is 0 Å². The van der Waals surface area contributed by atoms with Gasteiger partial charge in [-0.15, -0.1) is 5.10 Å². The van der Waals surface area contributed by atoms with E-state index in [4.69, 9.17) is 4.74 Å². The fourth-order valence-corrected chi connectivity index (χ4v) is 2.59. The fourth-order valence-electron chi connectivity index (χ4n) is 2.59. The summed E-state index contributed by atoms with van der Waals surface area (Å²) in [5.74, 6) is 0.550. The van der Waals surface area contributed by atoms with Crippen molar-refractivity contribution in [2.24, 2.45) is 5.41 Å². The summed E-state index contributed by atoms with van der Waals surface area (Å²) in [6.07, 6.45) is 2.28. The topological polar surface area (TPSA) is 90.1 Å². The first-order valence-corrected chi connectivity index (χ1v) is 6.79. The summed E-state index contributed by atoms with van der Waals surface area (Å²) in [4.78, 5) is 11.5. The lowest BCUT2D eigenvalue weighted by Gasteiger charge is -2.37. The molecule has 0 unspecified atom stereocenters. The first kappa shape index (κ1) is 13.5. The molecule has 0 atom stereocenters. The second-order valence-corrected chi connectivity index (χ2v) is 5.33. The minimum absolute atomic E-state index is 0.302. The van der Waals surface area contributed by atoms with Crippen molar-refractivity contribution in [2.45, 2.75) is 25.8 Å². The summed E-state index contributed by atoms with van der Waals surface area (Å²) in [5.41, 5.74) is 0.108. The predicted molar refractivity (Wildman–Crippen MR) is 73.7 cm³/mol. The lowest BCUT2D eigenvalue weighted by Crippen LogP contribution is -2.42. The number of aliphatic carboxylic acids is 1. The van der Waals surface area contributed by atoms with Crippen molar-refractivity contribution < 1.29 is 14.6 Å². The molecule has 1 aromatic heterocycles. The Morgan fingerprint density at radius 3 is 2.62 bits per heavy atom. The van der Waals surface area contributed by atoms with Crippen molar-refractivity contribution in [3.8, 4) is 17.1 Å². The van der Waals surface area contributed by atoms with Crippen LogP contribution < -0.4 is 4.74 Å². The number of carboxylic acid groups (broad SMARTS) is 1. The van der Waals surface area contributed by atoms with Gasteiger partial charge in [0, 0.05) is 5.56 Å². The van der Waals surface area contributed by atoms with Crippen LogP contribution in [0.5, 0.6) is 5.75 Å². The minimum atomic E-state index is -0.773. The van der Waals surface area contributed by atoms with Crippen LogP contribution in [0.15, 0.2) is 24.3 Å². The quantitative estimate of drug-likeness (QED) is 0.898. The maximum absolute atomic E-state index is 11.5. The third-order valence-corrected chi connectivity index (χ3v) is 4.10. The lowest BCUT2D eigenvalue weighted by molar-refractivity contribution is -0.156. The molecule has 21 heavy (non-hydrogen) atoms. The Kier molecular flexibility index (Phi) is 3.32. The number of methoxy groups -OCH3 is 1. The van der Waals surface area contributed by atoms with Gasteiger partial charge in [-0.3, -0.25) is 4.79 Å². The van der Waals surface area contributed by atoms with Gasteiger partial charge in [-0.05, 0) is 47.5 Å². The Hall–Kier alpha value is -2.44. The minimum Gasteiger partial charge on any atom is -0.497 e. The molecule has 1 fully saturated rings. The number of benzene rings is 1. The molecule has 0 saturated heterocycles. The largest absolute Gasteiger partial charge is 0.497 e. The van der Waals surface area contributed by atoms with Crippen LogP contribution in [0.25, 0.3) is 11.4 Å². The van der Waals surface area contributed by atoms with Gasteiger partial charge in [-0.2, -0.15) is 0 Å². The lowest BCUT2D eigenvalue weighted by atomic mass is 9.69. The third-order valence-electron chi connectivity index (χ3n) is 4.10. The highest BCUT2D eigenvalue weighted by Gasteiger charge is 2.45. The molecule has 0 aliphatic heterocycles. The van der Waals surface area contributed by atoms with Crippen LogP contribution in [0.4, 0.5) is 0 Å². The highest BCUT2D eigenvalue weighted by atomic mass is 16.5. The highest BCUT2D eigenvalue weighted by Crippen LogP contribution is 2.43. The summed E-state index contributed by atoms with van der Waals surface area (Å²) in [6, 6.07) is 7.36. The van der Waals surface area contributed by atoms with E-state index in [-0.39, 0.29) is 0 Å². The van der Waals surface area contributed by atoms with Crippen LogP contribution in [0.3, 0.4) is 0 Å². The number of carboxylic acids is 1. The molecule has 0 bridgehead atoms. The summed E-state index contributed by atoms with van der Waals surface area (Å²) < 4.78 is 6.70. The van der Waals surface area contributed by atoms with Crippen LogP contribution in [-0.2, 0) is 11.3 Å². The Morgan fingerprint density at radius 2 is 2.10 bits per heavy atom. The van der Waals surface area contributed by atoms with Crippen LogP contribution in [0.2, 0.25) is 0 Å². The van der Waals surface area contributed by atoms with Gasteiger partial charge in [-0.25, -0.2) is 4.68 Å². The van der Waals surface area contributed by atoms with Crippen molar-refractivity contribution in [1.29, 1.82) is 0 Å². The van der Waals surface area contributed by atoms with Gasteiger partial charge >= 0.3 is 5.97 Å². The molecule has 7 heteroatoms. The standard InChI is InChI=1S/C14H16N4O3/c1-21-11-5-3-10(4-6-11)12-15-16-17-18(12)9-14(13(19)20)7-2-8-14/h3-6H,2,7-9H2,1H3,(H,19,20). The number of nitrogens with zero attached hydrogens (tertiary/aromatic N) is 4. The monoisotopic (exact) mass is 288 g/mol. The predicted octanol–water partition coefficient (Wildman–Crippen LogP) is 1.60. The van der Waals surface area contributed by atoms with E-state index >= 15 is 0 Å². The van der Waals surface area contributed by atoms with Crippen molar-refractivity contribution in [3.05, 3.63) is 24.3 Å². The van der Waals surface area contributed by atoms with E-state index in [1.807, 2.05) is 24.3 Å². The van der Waals surface area contributed by atoms with Crippen molar-refractivity contribution >= 4 is 5.97 Å². The smallest absolute Gasteiger partial charge is 0.311 e. The maximum atomic E-state index is 11.5. The van der Waals surface area contributed by atoms with Gasteiger partial charge in [0.25, 0.3) is 0 Å². The van der Waals surface area contributed by atoms with E-state index in [0.29, 0.717) is 25.2 Å². The highest BCUT2D eigenvalue weighted by molar-refractivity contribution is 5.75. The number of carbonyl (C=O) groups is 1. The molecule has 0 radical (unpaired) electrons. The molecule has 0 amide bonds.